The van der Waals surface area contributed by atoms with Crippen molar-refractivity contribution < 1.29 is 14.3 Å². The molecular formula is C9H19N3O3. The van der Waals surface area contributed by atoms with Crippen LogP contribution in [0.25, 0.3) is 0 Å². The molecule has 0 aliphatic carbocycles. The lowest BCUT2D eigenvalue weighted by Crippen LogP contribution is -2.38. The molecule has 0 aromatic carbocycles. The van der Waals surface area contributed by atoms with Crippen LogP contribution in [0, 0.1) is 0 Å². The highest BCUT2D eigenvalue weighted by molar-refractivity contribution is 5.85. The Hall–Kier alpha value is -1.14. The van der Waals surface area contributed by atoms with Crippen LogP contribution >= 0.6 is 0 Å². The maximum absolute atomic E-state index is 11.0. The smallest absolute Gasteiger partial charge is 0.246 e. The molecule has 0 bridgehead atoms. The molecule has 0 saturated carbocycles. The quantitative estimate of drug-likeness (QED) is 0.436. The molecule has 6 heteroatoms. The van der Waals surface area contributed by atoms with Gasteiger partial charge in [-0.1, -0.05) is 6.92 Å². The minimum atomic E-state index is -0.310. The van der Waals surface area contributed by atoms with Gasteiger partial charge < -0.3 is 21.1 Å². The average Bonchev–Trinajstić information content (AvgIpc) is 2.24. The molecule has 88 valence electrons. The molecular weight excluding hydrogens is 198 g/mol. The van der Waals surface area contributed by atoms with Gasteiger partial charge in [0, 0.05) is 13.1 Å². The van der Waals surface area contributed by atoms with Gasteiger partial charge in [-0.05, 0) is 6.42 Å². The molecule has 0 fully saturated rings. The first-order chi connectivity index (χ1) is 7.20. The van der Waals surface area contributed by atoms with E-state index in [1.165, 1.54) is 0 Å². The minimum Gasteiger partial charge on any atom is -0.370 e. The first-order valence-corrected chi connectivity index (χ1v) is 5.02. The van der Waals surface area contributed by atoms with Crippen LogP contribution in [0.1, 0.15) is 13.3 Å². The first kappa shape index (κ1) is 13.9. The van der Waals surface area contributed by atoms with Crippen molar-refractivity contribution in [3.8, 4) is 0 Å². The Morgan fingerprint density at radius 2 is 2.00 bits per heavy atom. The molecule has 0 aliphatic rings. The van der Waals surface area contributed by atoms with E-state index in [0.29, 0.717) is 19.7 Å². The van der Waals surface area contributed by atoms with Gasteiger partial charge in [-0.25, -0.2) is 0 Å². The second-order valence-corrected chi connectivity index (χ2v) is 2.97. The van der Waals surface area contributed by atoms with Crippen molar-refractivity contribution in [2.24, 2.45) is 5.73 Å². The van der Waals surface area contributed by atoms with Gasteiger partial charge in [0.15, 0.2) is 0 Å². The Morgan fingerprint density at radius 3 is 2.60 bits per heavy atom. The molecule has 0 unspecified atom stereocenters. The van der Waals surface area contributed by atoms with Crippen LogP contribution in [0.2, 0.25) is 0 Å². The molecule has 4 N–H and O–H groups in total. The standard InChI is InChI=1S/C9H19N3O3/c1-2-4-11-8(13)6-12-9(14)7-15-5-3-10/h2-7,10H2,1H3,(H,11,13)(H,12,14). The Bertz CT molecular complexity index is 197. The van der Waals surface area contributed by atoms with Gasteiger partial charge in [0.05, 0.1) is 13.2 Å². The van der Waals surface area contributed by atoms with E-state index in [1.807, 2.05) is 6.92 Å². The van der Waals surface area contributed by atoms with Gasteiger partial charge in [0.2, 0.25) is 11.8 Å². The molecule has 0 saturated heterocycles. The van der Waals surface area contributed by atoms with Crippen LogP contribution in [0.4, 0.5) is 0 Å². The van der Waals surface area contributed by atoms with E-state index in [4.69, 9.17) is 10.5 Å². The van der Waals surface area contributed by atoms with Crippen molar-refractivity contribution in [1.29, 1.82) is 0 Å². The van der Waals surface area contributed by atoms with Gasteiger partial charge in [-0.3, -0.25) is 9.59 Å². The zero-order valence-corrected chi connectivity index (χ0v) is 9.04. The zero-order chi connectivity index (χ0) is 11.5. The average molecular weight is 217 g/mol. The maximum atomic E-state index is 11.0. The molecule has 0 aromatic rings. The predicted molar refractivity (Wildman–Crippen MR) is 56.2 cm³/mol. The van der Waals surface area contributed by atoms with Gasteiger partial charge in [0.1, 0.15) is 6.61 Å². The number of ether oxygens (including phenoxy) is 1. The lowest BCUT2D eigenvalue weighted by molar-refractivity contribution is -0.128. The number of hydrogen-bond donors (Lipinski definition) is 3. The number of carbonyl (C=O) groups is 2. The maximum Gasteiger partial charge on any atom is 0.246 e. The first-order valence-electron chi connectivity index (χ1n) is 5.02. The summed E-state index contributed by atoms with van der Waals surface area (Å²) in [6, 6.07) is 0. The summed E-state index contributed by atoms with van der Waals surface area (Å²) in [6.45, 7) is 3.24. The number of amides is 2. The number of rotatable bonds is 8. The summed E-state index contributed by atoms with van der Waals surface area (Å²) in [5, 5.41) is 5.07. The Labute approximate surface area is 89.5 Å². The summed E-state index contributed by atoms with van der Waals surface area (Å²) in [5.41, 5.74) is 5.17. The van der Waals surface area contributed by atoms with Crippen molar-refractivity contribution in [2.75, 3.05) is 32.8 Å². The molecule has 0 rings (SSSR count). The van der Waals surface area contributed by atoms with E-state index in [2.05, 4.69) is 10.6 Å². The fourth-order valence-corrected chi connectivity index (χ4v) is 0.805. The van der Waals surface area contributed by atoms with Crippen LogP contribution in [0.15, 0.2) is 0 Å². The van der Waals surface area contributed by atoms with Crippen molar-refractivity contribution in [1.82, 2.24) is 10.6 Å². The van der Waals surface area contributed by atoms with Gasteiger partial charge >= 0.3 is 0 Å². The fourth-order valence-electron chi connectivity index (χ4n) is 0.805. The Kier molecular flexibility index (Phi) is 8.70. The summed E-state index contributed by atoms with van der Waals surface area (Å²) in [4.78, 5) is 22.1. The molecule has 2 amide bonds. The third-order valence-corrected chi connectivity index (χ3v) is 1.51. The molecule has 0 atom stereocenters. The van der Waals surface area contributed by atoms with Crippen LogP contribution in [0.3, 0.4) is 0 Å². The molecule has 6 nitrogen and oxygen atoms in total. The van der Waals surface area contributed by atoms with Crippen LogP contribution < -0.4 is 16.4 Å². The molecule has 0 radical (unpaired) electrons. The highest BCUT2D eigenvalue weighted by atomic mass is 16.5. The third kappa shape index (κ3) is 9.17. The molecule has 0 spiro atoms. The SMILES string of the molecule is CCCNC(=O)CNC(=O)COCCN. The second-order valence-electron chi connectivity index (χ2n) is 2.97. The fraction of sp³-hybridized carbons (Fsp3) is 0.778. The van der Waals surface area contributed by atoms with Gasteiger partial charge in [0.25, 0.3) is 0 Å². The largest absolute Gasteiger partial charge is 0.370 e. The minimum absolute atomic E-state index is 0.00911. The number of nitrogens with one attached hydrogen (secondary N) is 2. The second kappa shape index (κ2) is 9.42. The van der Waals surface area contributed by atoms with E-state index < -0.39 is 0 Å². The van der Waals surface area contributed by atoms with Gasteiger partial charge in [-0.15, -0.1) is 0 Å². The van der Waals surface area contributed by atoms with E-state index in [9.17, 15) is 9.59 Å². The molecule has 0 aromatic heterocycles. The molecule has 0 heterocycles. The number of nitrogens with two attached hydrogens (primary N) is 1. The van der Waals surface area contributed by atoms with Crippen LogP contribution in [-0.4, -0.2) is 44.7 Å². The van der Waals surface area contributed by atoms with E-state index in [-0.39, 0.29) is 25.0 Å². The van der Waals surface area contributed by atoms with Crippen molar-refractivity contribution in [2.45, 2.75) is 13.3 Å². The monoisotopic (exact) mass is 217 g/mol. The van der Waals surface area contributed by atoms with E-state index >= 15 is 0 Å². The summed E-state index contributed by atoms with van der Waals surface area (Å²) >= 11 is 0. The summed E-state index contributed by atoms with van der Waals surface area (Å²) in [7, 11) is 0. The van der Waals surface area contributed by atoms with Gasteiger partial charge in [-0.2, -0.15) is 0 Å². The molecule has 0 aliphatic heterocycles. The summed E-state index contributed by atoms with van der Waals surface area (Å²) in [6.07, 6.45) is 0.874. The highest BCUT2D eigenvalue weighted by Crippen LogP contribution is 1.75. The summed E-state index contributed by atoms with van der Waals surface area (Å²) in [5.74, 6) is -0.501. The predicted octanol–water partition coefficient (Wildman–Crippen LogP) is -1.40. The molecule has 15 heavy (non-hydrogen) atoms. The van der Waals surface area contributed by atoms with Crippen LogP contribution in [0.5, 0.6) is 0 Å². The van der Waals surface area contributed by atoms with Crippen molar-refractivity contribution in [3.05, 3.63) is 0 Å². The summed E-state index contributed by atoms with van der Waals surface area (Å²) < 4.78 is 4.89. The Morgan fingerprint density at radius 1 is 1.27 bits per heavy atom. The number of carbonyl (C=O) groups excluding carboxylic acids is 2. The van der Waals surface area contributed by atoms with Crippen LogP contribution in [-0.2, 0) is 14.3 Å². The van der Waals surface area contributed by atoms with Crippen molar-refractivity contribution >= 4 is 11.8 Å². The van der Waals surface area contributed by atoms with E-state index in [0.717, 1.165) is 6.42 Å². The zero-order valence-electron chi connectivity index (χ0n) is 9.04. The Balaban J connectivity index is 3.40. The third-order valence-electron chi connectivity index (χ3n) is 1.51. The highest BCUT2D eigenvalue weighted by Gasteiger charge is 2.04. The van der Waals surface area contributed by atoms with E-state index in [1.54, 1.807) is 0 Å². The normalized spacial score (nSPS) is 9.73. The van der Waals surface area contributed by atoms with Crippen molar-refractivity contribution in [3.63, 3.8) is 0 Å². The topological polar surface area (TPSA) is 93.5 Å². The lowest BCUT2D eigenvalue weighted by Gasteiger charge is -2.06. The lowest BCUT2D eigenvalue weighted by atomic mass is 10.4. The number of hydrogen-bond acceptors (Lipinski definition) is 4.